The van der Waals surface area contributed by atoms with E-state index in [4.69, 9.17) is 10.5 Å². The molecular formula is C33H53N5O7. The first-order chi connectivity index (χ1) is 20.7. The van der Waals surface area contributed by atoms with Gasteiger partial charge in [0.05, 0.1) is 6.04 Å². The molecule has 5 amide bonds. The lowest BCUT2D eigenvalue weighted by molar-refractivity contribution is -0.154. The summed E-state index contributed by atoms with van der Waals surface area (Å²) in [4.78, 5) is 80.5. The van der Waals surface area contributed by atoms with Gasteiger partial charge in [0.1, 0.15) is 24.2 Å². The topological polar surface area (TPSA) is 177 Å². The molecule has 3 saturated carbocycles. The number of fused-ring (bicyclic) bond motifs is 1. The van der Waals surface area contributed by atoms with E-state index in [2.05, 4.69) is 16.0 Å². The van der Waals surface area contributed by atoms with Crippen molar-refractivity contribution in [1.29, 1.82) is 0 Å². The van der Waals surface area contributed by atoms with E-state index in [1.165, 1.54) is 4.90 Å². The maximum absolute atomic E-state index is 14.3. The van der Waals surface area contributed by atoms with Crippen LogP contribution in [-0.4, -0.2) is 77.2 Å². The predicted octanol–water partition coefficient (Wildman–Crippen LogP) is 2.42. The van der Waals surface area contributed by atoms with Gasteiger partial charge in [-0.1, -0.05) is 68.2 Å². The minimum Gasteiger partial charge on any atom is -0.461 e. The van der Waals surface area contributed by atoms with E-state index in [1.807, 2.05) is 55.4 Å². The summed E-state index contributed by atoms with van der Waals surface area (Å²) < 4.78 is 5.72. The van der Waals surface area contributed by atoms with Gasteiger partial charge >= 0.3 is 12.0 Å². The van der Waals surface area contributed by atoms with Crippen LogP contribution in [0.3, 0.4) is 0 Å². The van der Waals surface area contributed by atoms with Gasteiger partial charge in [-0.15, -0.1) is 0 Å². The van der Waals surface area contributed by atoms with Crippen LogP contribution in [0.1, 0.15) is 100 Å². The molecule has 12 nitrogen and oxygen atoms in total. The number of ether oxygens (including phenoxy) is 1. The van der Waals surface area contributed by atoms with Crippen molar-refractivity contribution in [1.82, 2.24) is 20.9 Å². The molecule has 1 unspecified atom stereocenters. The van der Waals surface area contributed by atoms with Crippen LogP contribution < -0.4 is 21.7 Å². The Balaban J connectivity index is 1.51. The Labute approximate surface area is 266 Å². The van der Waals surface area contributed by atoms with Gasteiger partial charge in [0.25, 0.3) is 5.91 Å². The molecule has 0 bridgehead atoms. The molecule has 1 saturated heterocycles. The van der Waals surface area contributed by atoms with E-state index in [9.17, 15) is 28.8 Å². The van der Waals surface area contributed by atoms with Crippen molar-refractivity contribution >= 4 is 35.5 Å². The van der Waals surface area contributed by atoms with Gasteiger partial charge in [-0.3, -0.25) is 19.2 Å². The van der Waals surface area contributed by atoms with Gasteiger partial charge in [-0.05, 0) is 66.1 Å². The number of hydrogen-bond acceptors (Lipinski definition) is 7. The van der Waals surface area contributed by atoms with Crippen LogP contribution in [0.25, 0.3) is 0 Å². The molecule has 12 heteroatoms. The molecule has 0 radical (unpaired) electrons. The summed E-state index contributed by atoms with van der Waals surface area (Å²) in [6.45, 7) is 15.4. The molecule has 1 aliphatic heterocycles. The number of nitrogens with zero attached hydrogens (tertiary/aromatic N) is 1. The first-order valence-electron chi connectivity index (χ1n) is 16.5. The molecule has 6 atom stereocenters. The van der Waals surface area contributed by atoms with Crippen molar-refractivity contribution in [3.63, 3.8) is 0 Å². The van der Waals surface area contributed by atoms with Crippen LogP contribution in [-0.2, 0) is 28.7 Å². The highest BCUT2D eigenvalue weighted by Gasteiger charge is 2.70. The second-order valence-electron chi connectivity index (χ2n) is 16.4. The number of carbonyl (C=O) groups is 6. The average molecular weight is 632 g/mol. The highest BCUT2D eigenvalue weighted by atomic mass is 16.5. The number of amides is 5. The number of ketones is 1. The Morgan fingerprint density at radius 2 is 1.42 bits per heavy atom. The molecule has 0 aromatic heterocycles. The van der Waals surface area contributed by atoms with E-state index in [1.54, 1.807) is 0 Å². The number of nitrogens with two attached hydrogens (primary N) is 1. The summed E-state index contributed by atoms with van der Waals surface area (Å²) in [6.07, 6.45) is 5.60. The van der Waals surface area contributed by atoms with Gasteiger partial charge in [-0.25, -0.2) is 9.59 Å². The van der Waals surface area contributed by atoms with Crippen molar-refractivity contribution in [3.05, 3.63) is 0 Å². The molecule has 4 rings (SSSR count). The number of esters is 1. The summed E-state index contributed by atoms with van der Waals surface area (Å²) in [6, 6.07) is -4.58. The molecule has 5 N–H and O–H groups in total. The number of urea groups is 1. The Kier molecular flexibility index (Phi) is 9.67. The second kappa shape index (κ2) is 12.5. The normalized spacial score (nSPS) is 26.2. The fourth-order valence-electron chi connectivity index (χ4n) is 7.15. The number of rotatable bonds is 11. The smallest absolute Gasteiger partial charge is 0.329 e. The van der Waals surface area contributed by atoms with Crippen molar-refractivity contribution in [2.45, 2.75) is 131 Å². The predicted molar refractivity (Wildman–Crippen MR) is 166 cm³/mol. The zero-order chi connectivity index (χ0) is 33.6. The largest absolute Gasteiger partial charge is 0.461 e. The second-order valence-corrected chi connectivity index (χ2v) is 16.4. The van der Waals surface area contributed by atoms with Crippen molar-refractivity contribution in [2.75, 3.05) is 6.54 Å². The van der Waals surface area contributed by atoms with Gasteiger partial charge in [0, 0.05) is 6.54 Å². The Morgan fingerprint density at radius 1 is 0.867 bits per heavy atom. The number of Topliss-reactive ketones (excluding diaryl/α,β-unsaturated/α-hetero) is 1. The minimum atomic E-state index is -1.10. The zero-order valence-corrected chi connectivity index (χ0v) is 28.2. The quantitative estimate of drug-likeness (QED) is 0.200. The van der Waals surface area contributed by atoms with Crippen LogP contribution in [0.2, 0.25) is 0 Å². The van der Waals surface area contributed by atoms with Crippen molar-refractivity contribution in [2.24, 2.45) is 39.7 Å². The van der Waals surface area contributed by atoms with Crippen LogP contribution in [0, 0.1) is 34.0 Å². The summed E-state index contributed by atoms with van der Waals surface area (Å²) in [5.74, 6) is -3.22. The summed E-state index contributed by atoms with van der Waals surface area (Å²) in [5.41, 5.74) is 3.69. The number of piperidine rings is 1. The summed E-state index contributed by atoms with van der Waals surface area (Å²) >= 11 is 0. The molecule has 0 aromatic carbocycles. The van der Waals surface area contributed by atoms with E-state index in [-0.39, 0.29) is 29.3 Å². The monoisotopic (exact) mass is 631 g/mol. The van der Waals surface area contributed by atoms with Gasteiger partial charge in [-0.2, -0.15) is 0 Å². The molecule has 252 valence electrons. The standard InChI is InChI=1S/C33H53N5O7/c1-31(2,3)24(36-30(44)37-25(32(4,5)6)29(43)45-18-11-9-10-12-18)28(42)38-16-19-21(33(19,7)8)22(38)27(41)35-20(15-17-13-14-17)23(39)26(34)40/h17-22,24-25H,9-16H2,1-8H3,(H2,34,40)(H,35,41)(H2,36,37,44)/t19-,20?,21-,22-,24+,25+/m0/s1. The lowest BCUT2D eigenvalue weighted by Gasteiger charge is -2.38. The van der Waals surface area contributed by atoms with Crippen LogP contribution in [0.5, 0.6) is 0 Å². The first-order valence-corrected chi connectivity index (χ1v) is 16.5. The SMILES string of the molecule is CC(C)(C)[C@H](NC(=O)N[C@H](C(=O)N1C[C@H]2[C@@H]([C@H]1C(=O)NC(CC1CC1)C(=O)C(N)=O)C2(C)C)C(C)(C)C)C(=O)OC1CCCC1. The number of carbonyl (C=O) groups excluding carboxylic acids is 6. The summed E-state index contributed by atoms with van der Waals surface area (Å²) in [7, 11) is 0. The maximum atomic E-state index is 14.3. The Bertz CT molecular complexity index is 1210. The highest BCUT2D eigenvalue weighted by Crippen LogP contribution is 2.65. The van der Waals surface area contributed by atoms with E-state index in [0.29, 0.717) is 13.0 Å². The number of hydrogen-bond donors (Lipinski definition) is 4. The lowest BCUT2D eigenvalue weighted by Crippen LogP contribution is -2.62. The fourth-order valence-corrected chi connectivity index (χ4v) is 7.15. The van der Waals surface area contributed by atoms with Crippen LogP contribution in [0.4, 0.5) is 4.79 Å². The third-order valence-corrected chi connectivity index (χ3v) is 10.3. The third-order valence-electron chi connectivity index (χ3n) is 10.3. The van der Waals surface area contributed by atoms with Crippen LogP contribution in [0.15, 0.2) is 0 Å². The lowest BCUT2D eigenvalue weighted by atomic mass is 9.85. The van der Waals surface area contributed by atoms with Gasteiger partial charge < -0.3 is 31.3 Å². The van der Waals surface area contributed by atoms with Crippen molar-refractivity contribution in [3.8, 4) is 0 Å². The van der Waals surface area contributed by atoms with Gasteiger partial charge in [0.15, 0.2) is 0 Å². The Hall–Kier alpha value is -3.18. The van der Waals surface area contributed by atoms with Crippen molar-refractivity contribution < 1.29 is 33.5 Å². The number of primary amides is 1. The van der Waals surface area contributed by atoms with E-state index >= 15 is 0 Å². The first kappa shape index (κ1) is 34.7. The highest BCUT2D eigenvalue weighted by molar-refractivity contribution is 6.37. The van der Waals surface area contributed by atoms with E-state index < -0.39 is 70.5 Å². The molecule has 0 aromatic rings. The molecule has 1 heterocycles. The van der Waals surface area contributed by atoms with E-state index in [0.717, 1.165) is 38.5 Å². The Morgan fingerprint density at radius 3 is 1.93 bits per heavy atom. The minimum absolute atomic E-state index is 0.0657. The zero-order valence-electron chi connectivity index (χ0n) is 28.2. The molecule has 3 aliphatic carbocycles. The number of likely N-dealkylation sites (tertiary alicyclic amines) is 1. The molecule has 4 fully saturated rings. The van der Waals surface area contributed by atoms with Crippen LogP contribution >= 0.6 is 0 Å². The fraction of sp³-hybridized carbons (Fsp3) is 0.818. The molecule has 0 spiro atoms. The number of nitrogens with one attached hydrogen (secondary N) is 3. The third kappa shape index (κ3) is 7.80. The molecular weight excluding hydrogens is 578 g/mol. The van der Waals surface area contributed by atoms with Gasteiger partial charge in [0.2, 0.25) is 17.6 Å². The summed E-state index contributed by atoms with van der Waals surface area (Å²) in [5, 5.41) is 8.33. The maximum Gasteiger partial charge on any atom is 0.329 e. The molecule has 4 aliphatic rings. The molecule has 45 heavy (non-hydrogen) atoms. The average Bonchev–Trinajstić information content (AvgIpc) is 3.63.